The van der Waals surface area contributed by atoms with Crippen LogP contribution < -0.4 is 16.0 Å². The maximum Gasteiger partial charge on any atom is 0.272 e. The lowest BCUT2D eigenvalue weighted by molar-refractivity contribution is -0.136. The van der Waals surface area contributed by atoms with Crippen LogP contribution in [0.1, 0.15) is 68.6 Å². The van der Waals surface area contributed by atoms with Gasteiger partial charge in [0.15, 0.2) is 0 Å². The minimum absolute atomic E-state index is 0.271. The maximum absolute atomic E-state index is 14.8. The standard InChI is InChI=1S/C45H46N4O3/c1-2-3-21-37(42(46)50)39(27-30-13-11-14-30)44(51)48-43-45(52)49(40-23-10-9-22-38(40)41(47-43)33-17-5-4-6-18-33)29-31-15-12-20-34(26-31)36-25-24-32-16-7-8-19-35(32)28-36/h4-10,12,15-20,22-26,28,30,37,39,43H,2-3,11,13-14,21,27,29H2,1H3,(H2,46,50)(H,48,51). The Labute approximate surface area is 306 Å². The molecule has 52 heavy (non-hydrogen) atoms. The summed E-state index contributed by atoms with van der Waals surface area (Å²) in [7, 11) is 0. The molecular weight excluding hydrogens is 645 g/mol. The first-order valence-corrected chi connectivity index (χ1v) is 18.6. The van der Waals surface area contributed by atoms with E-state index in [1.54, 1.807) is 4.90 Å². The van der Waals surface area contributed by atoms with Gasteiger partial charge in [-0.1, -0.05) is 142 Å². The number of aliphatic imine (C=N–C) groups is 1. The summed E-state index contributed by atoms with van der Waals surface area (Å²) >= 11 is 0. The number of fused-ring (bicyclic) bond motifs is 2. The van der Waals surface area contributed by atoms with Gasteiger partial charge >= 0.3 is 0 Å². The second kappa shape index (κ2) is 15.8. The molecule has 5 aromatic carbocycles. The van der Waals surface area contributed by atoms with Crippen molar-refractivity contribution < 1.29 is 14.4 Å². The molecule has 7 heteroatoms. The molecule has 264 valence electrons. The summed E-state index contributed by atoms with van der Waals surface area (Å²) in [5.74, 6) is -2.02. The summed E-state index contributed by atoms with van der Waals surface area (Å²) in [6.07, 6.45) is 4.78. The summed E-state index contributed by atoms with van der Waals surface area (Å²) in [6, 6.07) is 40.5. The molecule has 3 amide bonds. The monoisotopic (exact) mass is 690 g/mol. The van der Waals surface area contributed by atoms with Crippen LogP contribution in [0.15, 0.2) is 126 Å². The molecule has 1 saturated carbocycles. The van der Waals surface area contributed by atoms with Crippen molar-refractivity contribution in [1.29, 1.82) is 0 Å². The molecule has 0 saturated heterocycles. The Balaban J connectivity index is 1.26. The normalized spacial score (nSPS) is 17.0. The van der Waals surface area contributed by atoms with Gasteiger partial charge in [0, 0.05) is 23.0 Å². The zero-order valence-electron chi connectivity index (χ0n) is 29.7. The summed E-state index contributed by atoms with van der Waals surface area (Å²) in [4.78, 5) is 48.8. The lowest BCUT2D eigenvalue weighted by Crippen LogP contribution is -2.51. The van der Waals surface area contributed by atoms with Crippen LogP contribution >= 0.6 is 0 Å². The molecule has 7 nitrogen and oxygen atoms in total. The van der Waals surface area contributed by atoms with Crippen LogP contribution in [-0.4, -0.2) is 29.6 Å². The molecule has 3 atom stereocenters. The van der Waals surface area contributed by atoms with E-state index in [4.69, 9.17) is 10.7 Å². The fourth-order valence-corrected chi connectivity index (χ4v) is 7.66. The number of nitrogens with two attached hydrogens (primary N) is 1. The highest BCUT2D eigenvalue weighted by atomic mass is 16.2. The highest BCUT2D eigenvalue weighted by molar-refractivity contribution is 6.20. The van der Waals surface area contributed by atoms with Gasteiger partial charge in [-0.3, -0.25) is 14.4 Å². The number of primary amides is 1. The number of unbranched alkanes of at least 4 members (excludes halogenated alkanes) is 1. The Morgan fingerprint density at radius 1 is 0.808 bits per heavy atom. The molecule has 0 radical (unpaired) electrons. The number of rotatable bonds is 13. The molecule has 2 aliphatic rings. The Kier molecular flexibility index (Phi) is 10.6. The van der Waals surface area contributed by atoms with Gasteiger partial charge in [0.05, 0.1) is 17.9 Å². The predicted molar refractivity (Wildman–Crippen MR) is 209 cm³/mol. The highest BCUT2D eigenvalue weighted by Crippen LogP contribution is 2.37. The lowest BCUT2D eigenvalue weighted by atomic mass is 9.73. The maximum atomic E-state index is 14.8. The first-order valence-electron chi connectivity index (χ1n) is 18.6. The first-order chi connectivity index (χ1) is 25.4. The smallest absolute Gasteiger partial charge is 0.272 e. The number of benzene rings is 5. The molecule has 5 aromatic rings. The van der Waals surface area contributed by atoms with E-state index in [0.717, 1.165) is 65.3 Å². The van der Waals surface area contributed by atoms with Crippen LogP contribution in [0.4, 0.5) is 5.69 Å². The number of carbonyl (C=O) groups is 3. The third-order valence-corrected chi connectivity index (χ3v) is 10.8. The quantitative estimate of drug-likeness (QED) is 0.130. The van der Waals surface area contributed by atoms with Gasteiger partial charge in [-0.2, -0.15) is 0 Å². The number of hydrogen-bond acceptors (Lipinski definition) is 4. The fraction of sp³-hybridized carbons (Fsp3) is 0.289. The molecule has 3 N–H and O–H groups in total. The van der Waals surface area contributed by atoms with Crippen molar-refractivity contribution in [2.24, 2.45) is 28.5 Å². The van der Waals surface area contributed by atoms with Gasteiger partial charge in [0.25, 0.3) is 5.91 Å². The third kappa shape index (κ3) is 7.54. The first kappa shape index (κ1) is 34.9. The van der Waals surface area contributed by atoms with E-state index in [2.05, 4.69) is 54.7 Å². The average Bonchev–Trinajstić information content (AvgIpc) is 3.26. The van der Waals surface area contributed by atoms with Crippen molar-refractivity contribution in [3.63, 3.8) is 0 Å². The Morgan fingerprint density at radius 2 is 1.52 bits per heavy atom. The highest BCUT2D eigenvalue weighted by Gasteiger charge is 2.39. The number of carbonyl (C=O) groups excluding carboxylic acids is 3. The summed E-state index contributed by atoms with van der Waals surface area (Å²) in [5.41, 5.74) is 12.0. The Morgan fingerprint density at radius 3 is 2.27 bits per heavy atom. The van der Waals surface area contributed by atoms with Crippen molar-refractivity contribution in [3.8, 4) is 11.1 Å². The molecule has 1 fully saturated rings. The minimum atomic E-state index is -1.21. The van der Waals surface area contributed by atoms with Crippen LogP contribution in [0.25, 0.3) is 21.9 Å². The third-order valence-electron chi connectivity index (χ3n) is 10.8. The zero-order valence-corrected chi connectivity index (χ0v) is 29.7. The van der Waals surface area contributed by atoms with Crippen molar-refractivity contribution in [2.75, 3.05) is 4.90 Å². The summed E-state index contributed by atoms with van der Waals surface area (Å²) < 4.78 is 0. The van der Waals surface area contributed by atoms with E-state index >= 15 is 0 Å². The summed E-state index contributed by atoms with van der Waals surface area (Å²) in [6.45, 7) is 2.33. The number of anilines is 1. The number of nitrogens with zero attached hydrogens (tertiary/aromatic N) is 2. The van der Waals surface area contributed by atoms with Crippen molar-refractivity contribution in [1.82, 2.24) is 5.32 Å². The molecule has 7 rings (SSSR count). The molecule has 0 aromatic heterocycles. The van der Waals surface area contributed by atoms with Gasteiger partial charge in [0.2, 0.25) is 18.0 Å². The van der Waals surface area contributed by atoms with Crippen molar-refractivity contribution >= 4 is 39.9 Å². The van der Waals surface area contributed by atoms with Crippen LogP contribution in [0.3, 0.4) is 0 Å². The number of hydrogen-bond donors (Lipinski definition) is 2. The van der Waals surface area contributed by atoms with Gasteiger partial charge < -0.3 is 16.0 Å². The van der Waals surface area contributed by atoms with E-state index in [0.29, 0.717) is 30.2 Å². The van der Waals surface area contributed by atoms with E-state index in [-0.39, 0.29) is 18.4 Å². The number of para-hydroxylation sites is 1. The van der Waals surface area contributed by atoms with Crippen LogP contribution in [-0.2, 0) is 20.9 Å². The fourth-order valence-electron chi connectivity index (χ4n) is 7.66. The van der Waals surface area contributed by atoms with E-state index in [1.165, 1.54) is 5.39 Å². The van der Waals surface area contributed by atoms with Crippen molar-refractivity contribution in [3.05, 3.63) is 138 Å². The second-order valence-corrected chi connectivity index (χ2v) is 14.2. The molecule has 0 spiro atoms. The SMILES string of the molecule is CCCCC(C(N)=O)C(CC1CCC1)C(=O)NC1N=C(c2ccccc2)c2ccccc2N(Cc2cccc(-c3ccc4ccccc4c3)c2)C1=O. The van der Waals surface area contributed by atoms with Gasteiger partial charge in [-0.15, -0.1) is 0 Å². The Bertz CT molecular complexity index is 2100. The minimum Gasteiger partial charge on any atom is -0.369 e. The van der Waals surface area contributed by atoms with E-state index < -0.39 is 23.9 Å². The zero-order chi connectivity index (χ0) is 36.0. The van der Waals surface area contributed by atoms with Gasteiger partial charge in [-0.05, 0) is 64.4 Å². The largest absolute Gasteiger partial charge is 0.369 e. The van der Waals surface area contributed by atoms with Gasteiger partial charge in [-0.25, -0.2) is 4.99 Å². The van der Waals surface area contributed by atoms with Gasteiger partial charge in [0.1, 0.15) is 0 Å². The molecule has 1 heterocycles. The average molecular weight is 691 g/mol. The number of amides is 3. The molecule has 1 aliphatic carbocycles. The Hall–Kier alpha value is -5.56. The molecular formula is C45H46N4O3. The molecule has 3 unspecified atom stereocenters. The van der Waals surface area contributed by atoms with E-state index in [1.807, 2.05) is 78.9 Å². The summed E-state index contributed by atoms with van der Waals surface area (Å²) in [5, 5.41) is 5.39. The van der Waals surface area contributed by atoms with Crippen LogP contribution in [0.2, 0.25) is 0 Å². The molecule has 1 aliphatic heterocycles. The number of benzodiazepines with no additional fused rings is 1. The van der Waals surface area contributed by atoms with E-state index in [9.17, 15) is 14.4 Å². The number of nitrogens with one attached hydrogen (secondary N) is 1. The predicted octanol–water partition coefficient (Wildman–Crippen LogP) is 8.43. The van der Waals surface area contributed by atoms with Crippen molar-refractivity contribution in [2.45, 2.75) is 64.6 Å². The van der Waals surface area contributed by atoms with Crippen LogP contribution in [0.5, 0.6) is 0 Å². The lowest BCUT2D eigenvalue weighted by Gasteiger charge is -2.33. The topological polar surface area (TPSA) is 105 Å². The second-order valence-electron chi connectivity index (χ2n) is 14.2. The van der Waals surface area contributed by atoms with Crippen LogP contribution in [0, 0.1) is 17.8 Å². The molecule has 0 bridgehead atoms.